The second-order valence-corrected chi connectivity index (χ2v) is 6.99. The van der Waals surface area contributed by atoms with Gasteiger partial charge >= 0.3 is 6.03 Å². The highest BCUT2D eigenvalue weighted by molar-refractivity contribution is 5.93. The van der Waals surface area contributed by atoms with Crippen molar-refractivity contribution in [1.29, 1.82) is 0 Å². The minimum atomic E-state index is -0.296. The summed E-state index contributed by atoms with van der Waals surface area (Å²) in [5, 5.41) is 7.06. The zero-order chi connectivity index (χ0) is 20.2. The fourth-order valence-corrected chi connectivity index (χ4v) is 3.31. The second-order valence-electron chi connectivity index (χ2n) is 6.99. The number of carbonyl (C=O) groups is 1. The quantitative estimate of drug-likeness (QED) is 0.472. The molecular weight excluding hydrogens is 362 g/mol. The normalized spacial score (nSPS) is 10.7. The number of rotatable bonds is 4. The van der Waals surface area contributed by atoms with E-state index in [1.807, 2.05) is 18.2 Å². The summed E-state index contributed by atoms with van der Waals surface area (Å²) in [5.41, 5.74) is 4.99. The number of nitrogens with one attached hydrogen (secondary N) is 3. The highest BCUT2D eigenvalue weighted by Gasteiger charge is 2.05. The van der Waals surface area contributed by atoms with Gasteiger partial charge in [0, 0.05) is 23.8 Å². The smallest absolute Gasteiger partial charge is 0.319 e. The van der Waals surface area contributed by atoms with Gasteiger partial charge in [0.1, 0.15) is 0 Å². The number of fused-ring (bicyclic) bond motifs is 1. The first-order valence-electron chi connectivity index (χ1n) is 9.41. The first kappa shape index (κ1) is 18.5. The van der Waals surface area contributed by atoms with Gasteiger partial charge in [0.15, 0.2) is 0 Å². The van der Waals surface area contributed by atoms with Gasteiger partial charge in [0.05, 0.1) is 0 Å². The second kappa shape index (κ2) is 8.02. The van der Waals surface area contributed by atoms with Gasteiger partial charge in [-0.05, 0) is 59.3 Å². The zero-order valence-electron chi connectivity index (χ0n) is 16.0. The number of urea groups is 1. The molecule has 5 heteroatoms. The number of hydrogen-bond donors (Lipinski definition) is 3. The van der Waals surface area contributed by atoms with Gasteiger partial charge in [-0.2, -0.15) is 0 Å². The molecule has 0 atom stereocenters. The first-order chi connectivity index (χ1) is 14.1. The highest BCUT2D eigenvalue weighted by Crippen LogP contribution is 2.21. The van der Waals surface area contributed by atoms with E-state index < -0.39 is 0 Å². The lowest BCUT2D eigenvalue weighted by Crippen LogP contribution is -2.28. The van der Waals surface area contributed by atoms with Crippen LogP contribution in [0.15, 0.2) is 83.8 Å². The molecule has 3 N–H and O–H groups in total. The van der Waals surface area contributed by atoms with E-state index in [0.29, 0.717) is 17.6 Å². The van der Waals surface area contributed by atoms with Crippen LogP contribution in [0, 0.1) is 6.92 Å². The van der Waals surface area contributed by atoms with Crippen LogP contribution < -0.4 is 16.2 Å². The van der Waals surface area contributed by atoms with Crippen LogP contribution in [-0.2, 0) is 6.54 Å². The van der Waals surface area contributed by atoms with Gasteiger partial charge in [-0.25, -0.2) is 4.79 Å². The van der Waals surface area contributed by atoms with Crippen molar-refractivity contribution in [3.05, 3.63) is 100 Å². The minimum Gasteiger partial charge on any atom is -0.334 e. The summed E-state index contributed by atoms with van der Waals surface area (Å²) in [7, 11) is 0. The van der Waals surface area contributed by atoms with Crippen LogP contribution in [0.3, 0.4) is 0 Å². The molecule has 0 spiro atoms. The molecule has 0 aliphatic carbocycles. The summed E-state index contributed by atoms with van der Waals surface area (Å²) in [5.74, 6) is 0. The number of anilines is 1. The summed E-state index contributed by atoms with van der Waals surface area (Å²) in [6.07, 6.45) is 1.59. The lowest BCUT2D eigenvalue weighted by atomic mass is 10.0. The average Bonchev–Trinajstić information content (AvgIpc) is 2.73. The molecule has 0 unspecified atom stereocenters. The summed E-state index contributed by atoms with van der Waals surface area (Å²) in [4.78, 5) is 26.7. The van der Waals surface area contributed by atoms with Crippen LogP contribution >= 0.6 is 0 Å². The summed E-state index contributed by atoms with van der Waals surface area (Å²) in [6, 6.07) is 23.2. The third kappa shape index (κ3) is 4.35. The van der Waals surface area contributed by atoms with Crippen LogP contribution in [0.4, 0.5) is 10.5 Å². The molecule has 4 aromatic rings. The minimum absolute atomic E-state index is 0.146. The molecule has 3 aromatic carbocycles. The van der Waals surface area contributed by atoms with Gasteiger partial charge in [0.2, 0.25) is 0 Å². The number of carbonyl (C=O) groups excluding carboxylic acids is 1. The molecule has 2 amide bonds. The van der Waals surface area contributed by atoms with Gasteiger partial charge in [0.25, 0.3) is 5.56 Å². The number of amides is 2. The van der Waals surface area contributed by atoms with Crippen molar-refractivity contribution in [2.24, 2.45) is 0 Å². The molecule has 0 radical (unpaired) electrons. The Morgan fingerprint density at radius 1 is 0.931 bits per heavy atom. The van der Waals surface area contributed by atoms with Gasteiger partial charge < -0.3 is 15.6 Å². The van der Waals surface area contributed by atoms with E-state index in [2.05, 4.69) is 52.9 Å². The molecular formula is C24H21N3O2. The molecule has 144 valence electrons. The van der Waals surface area contributed by atoms with Crippen LogP contribution in [0.1, 0.15) is 11.1 Å². The van der Waals surface area contributed by atoms with Crippen molar-refractivity contribution >= 4 is 22.5 Å². The predicted molar refractivity (Wildman–Crippen MR) is 117 cm³/mol. The monoisotopic (exact) mass is 383 g/mol. The van der Waals surface area contributed by atoms with E-state index in [9.17, 15) is 9.59 Å². The number of benzene rings is 3. The lowest BCUT2D eigenvalue weighted by Gasteiger charge is -2.10. The Morgan fingerprint density at radius 3 is 2.55 bits per heavy atom. The van der Waals surface area contributed by atoms with E-state index in [1.165, 1.54) is 5.56 Å². The summed E-state index contributed by atoms with van der Waals surface area (Å²) >= 11 is 0. The zero-order valence-corrected chi connectivity index (χ0v) is 16.0. The van der Waals surface area contributed by atoms with Crippen molar-refractivity contribution in [3.8, 4) is 11.1 Å². The van der Waals surface area contributed by atoms with Crippen molar-refractivity contribution in [3.63, 3.8) is 0 Å². The molecule has 5 nitrogen and oxygen atoms in total. The predicted octanol–water partition coefficient (Wildman–Crippen LogP) is 4.83. The Balaban J connectivity index is 1.42. The maximum absolute atomic E-state index is 12.3. The summed E-state index contributed by atoms with van der Waals surface area (Å²) in [6.45, 7) is 2.49. The Bertz CT molecular complexity index is 1240. The fraction of sp³-hybridized carbons (Fsp3) is 0.0833. The van der Waals surface area contributed by atoms with Crippen LogP contribution in [-0.4, -0.2) is 11.0 Å². The standard InChI is InChI=1S/C24H21N3O2/c1-16-4-2-6-18(12-16)19-7-3-5-17(13-19)15-26-24(29)27-21-8-9-22-20(14-21)10-11-25-23(22)28/h2-14H,15H2,1H3,(H,25,28)(H2,26,27,29). The molecule has 0 aliphatic rings. The van der Waals surface area contributed by atoms with E-state index in [-0.39, 0.29) is 11.6 Å². The fourth-order valence-electron chi connectivity index (χ4n) is 3.31. The molecule has 29 heavy (non-hydrogen) atoms. The number of aryl methyl sites for hydroxylation is 1. The average molecular weight is 383 g/mol. The maximum Gasteiger partial charge on any atom is 0.319 e. The van der Waals surface area contributed by atoms with Crippen molar-refractivity contribution in [2.45, 2.75) is 13.5 Å². The third-order valence-corrected chi connectivity index (χ3v) is 4.76. The van der Waals surface area contributed by atoms with E-state index in [0.717, 1.165) is 22.1 Å². The Kier molecular flexibility index (Phi) is 5.12. The number of pyridine rings is 1. The number of aromatic amines is 1. The van der Waals surface area contributed by atoms with Crippen molar-refractivity contribution in [2.75, 3.05) is 5.32 Å². The molecule has 4 rings (SSSR count). The molecule has 1 aromatic heterocycles. The van der Waals surface area contributed by atoms with E-state index in [4.69, 9.17) is 0 Å². The lowest BCUT2D eigenvalue weighted by molar-refractivity contribution is 0.251. The van der Waals surface area contributed by atoms with Gasteiger partial charge in [-0.15, -0.1) is 0 Å². The number of hydrogen-bond acceptors (Lipinski definition) is 2. The van der Waals surface area contributed by atoms with Crippen LogP contribution in [0.5, 0.6) is 0 Å². The first-order valence-corrected chi connectivity index (χ1v) is 9.41. The number of aromatic nitrogens is 1. The molecule has 0 saturated heterocycles. The molecule has 1 heterocycles. The molecule has 0 bridgehead atoms. The van der Waals surface area contributed by atoms with E-state index in [1.54, 1.807) is 30.5 Å². The van der Waals surface area contributed by atoms with Gasteiger partial charge in [-0.1, -0.05) is 48.0 Å². The maximum atomic E-state index is 12.3. The molecule has 0 aliphatic heterocycles. The Labute approximate surface area is 168 Å². The summed E-state index contributed by atoms with van der Waals surface area (Å²) < 4.78 is 0. The number of H-pyrrole nitrogens is 1. The topological polar surface area (TPSA) is 74.0 Å². The Hall–Kier alpha value is -3.86. The SMILES string of the molecule is Cc1cccc(-c2cccc(CNC(=O)Nc3ccc4c(=O)[nH]ccc4c3)c2)c1. The van der Waals surface area contributed by atoms with Crippen LogP contribution in [0.2, 0.25) is 0 Å². The van der Waals surface area contributed by atoms with Crippen molar-refractivity contribution in [1.82, 2.24) is 10.3 Å². The van der Waals surface area contributed by atoms with Crippen molar-refractivity contribution < 1.29 is 4.79 Å². The largest absolute Gasteiger partial charge is 0.334 e. The third-order valence-electron chi connectivity index (χ3n) is 4.76. The van der Waals surface area contributed by atoms with E-state index >= 15 is 0 Å². The highest BCUT2D eigenvalue weighted by atomic mass is 16.2. The molecule has 0 fully saturated rings. The van der Waals surface area contributed by atoms with Crippen LogP contribution in [0.25, 0.3) is 21.9 Å². The van der Waals surface area contributed by atoms with Gasteiger partial charge in [-0.3, -0.25) is 4.79 Å². The Morgan fingerprint density at radius 2 is 1.72 bits per heavy atom. The molecule has 0 saturated carbocycles.